The van der Waals surface area contributed by atoms with Crippen LogP contribution in [0.3, 0.4) is 0 Å². The van der Waals surface area contributed by atoms with Crippen LogP contribution in [-0.4, -0.2) is 50.9 Å². The quantitative estimate of drug-likeness (QED) is 0.646. The summed E-state index contributed by atoms with van der Waals surface area (Å²) >= 11 is 1.61. The predicted octanol–water partition coefficient (Wildman–Crippen LogP) is 2.75. The van der Waals surface area contributed by atoms with E-state index in [1.165, 1.54) is 11.0 Å². The molecule has 1 atom stereocenters. The molecule has 0 aliphatic carbocycles. The van der Waals surface area contributed by atoms with Crippen molar-refractivity contribution in [1.29, 1.82) is 0 Å². The zero-order valence-electron chi connectivity index (χ0n) is 13.6. The fourth-order valence-corrected chi connectivity index (χ4v) is 3.84. The van der Waals surface area contributed by atoms with Gasteiger partial charge in [0.05, 0.1) is 17.4 Å². The average Bonchev–Trinajstić information content (AvgIpc) is 2.53. The van der Waals surface area contributed by atoms with Crippen LogP contribution in [0.2, 0.25) is 0 Å². The Hall–Kier alpha value is -2.09. The minimum absolute atomic E-state index is 0.0271. The zero-order chi connectivity index (χ0) is 17.9. The van der Waals surface area contributed by atoms with Crippen molar-refractivity contribution in [3.63, 3.8) is 0 Å². The van der Waals surface area contributed by atoms with E-state index in [1.807, 2.05) is 13.8 Å². The van der Waals surface area contributed by atoms with Gasteiger partial charge in [-0.15, -0.1) is 0 Å². The normalized spacial score (nSPS) is 17.8. The molecule has 8 heteroatoms. The van der Waals surface area contributed by atoms with E-state index in [0.717, 1.165) is 5.75 Å². The van der Waals surface area contributed by atoms with E-state index in [0.29, 0.717) is 17.9 Å². The Kier molecular flexibility index (Phi) is 5.82. The van der Waals surface area contributed by atoms with Gasteiger partial charge in [-0.3, -0.25) is 19.7 Å². The highest BCUT2D eigenvalue weighted by molar-refractivity contribution is 7.99. The highest BCUT2D eigenvalue weighted by atomic mass is 32.2. The lowest BCUT2D eigenvalue weighted by molar-refractivity contribution is -0.385. The number of thioether (sulfide) groups is 1. The molecule has 1 aromatic carbocycles. The number of nitro benzene ring substituents is 1. The molecule has 7 nitrogen and oxygen atoms in total. The third kappa shape index (κ3) is 4.05. The molecule has 1 fully saturated rings. The molecule has 0 aromatic heterocycles. The lowest BCUT2D eigenvalue weighted by atomic mass is 9.98. The van der Waals surface area contributed by atoms with Crippen LogP contribution >= 0.6 is 11.8 Å². The van der Waals surface area contributed by atoms with Gasteiger partial charge >= 0.3 is 5.97 Å². The summed E-state index contributed by atoms with van der Waals surface area (Å²) in [5.74, 6) is -0.0415. The van der Waals surface area contributed by atoms with E-state index < -0.39 is 16.9 Å². The molecular weight excluding hydrogens is 332 g/mol. The molecule has 0 spiro atoms. The summed E-state index contributed by atoms with van der Waals surface area (Å²) in [4.78, 5) is 36.1. The third-order valence-electron chi connectivity index (χ3n) is 3.99. The van der Waals surface area contributed by atoms with Crippen molar-refractivity contribution in [3.05, 3.63) is 39.4 Å². The third-order valence-corrected chi connectivity index (χ3v) is 5.09. The van der Waals surface area contributed by atoms with Gasteiger partial charge in [0.15, 0.2) is 0 Å². The van der Waals surface area contributed by atoms with Crippen LogP contribution in [0.25, 0.3) is 0 Å². The van der Waals surface area contributed by atoms with E-state index in [4.69, 9.17) is 5.11 Å². The molecule has 2 rings (SSSR count). The fourth-order valence-electron chi connectivity index (χ4n) is 2.78. The number of rotatable bonds is 5. The minimum Gasteiger partial charge on any atom is -0.481 e. The maximum atomic E-state index is 12.7. The largest absolute Gasteiger partial charge is 0.481 e. The number of carbonyl (C=O) groups is 2. The van der Waals surface area contributed by atoms with E-state index in [1.54, 1.807) is 23.9 Å². The van der Waals surface area contributed by atoms with Crippen LogP contribution in [0.1, 0.15) is 42.1 Å². The molecular formula is C16H20N2O5S. The number of nitrogens with zero attached hydrogens (tertiary/aromatic N) is 2. The second-order valence-electron chi connectivity index (χ2n) is 6.01. The van der Waals surface area contributed by atoms with Crippen LogP contribution in [0.4, 0.5) is 5.69 Å². The number of carboxylic acids is 1. The van der Waals surface area contributed by atoms with E-state index in [2.05, 4.69) is 0 Å². The number of hydrogen-bond donors (Lipinski definition) is 1. The number of aliphatic carboxylic acids is 1. The lowest BCUT2D eigenvalue weighted by Gasteiger charge is -2.34. The van der Waals surface area contributed by atoms with Crippen LogP contribution in [-0.2, 0) is 4.79 Å². The van der Waals surface area contributed by atoms with E-state index >= 15 is 0 Å². The Morgan fingerprint density at radius 3 is 2.75 bits per heavy atom. The Balaban J connectivity index is 2.32. The Morgan fingerprint density at radius 2 is 2.17 bits per heavy atom. The van der Waals surface area contributed by atoms with Crippen LogP contribution in [0.15, 0.2) is 18.2 Å². The number of carboxylic acid groups (broad SMARTS) is 1. The summed E-state index contributed by atoms with van der Waals surface area (Å²) in [5.41, 5.74) is 0.734. The Morgan fingerprint density at radius 1 is 1.46 bits per heavy atom. The van der Waals surface area contributed by atoms with E-state index in [-0.39, 0.29) is 29.5 Å². The second kappa shape index (κ2) is 7.65. The summed E-state index contributed by atoms with van der Waals surface area (Å²) < 4.78 is 0. The zero-order valence-corrected chi connectivity index (χ0v) is 14.4. The van der Waals surface area contributed by atoms with Crippen LogP contribution < -0.4 is 0 Å². The number of nitro groups is 1. The second-order valence-corrected chi connectivity index (χ2v) is 7.16. The monoisotopic (exact) mass is 352 g/mol. The first-order valence-electron chi connectivity index (χ1n) is 7.70. The summed E-state index contributed by atoms with van der Waals surface area (Å²) in [6.07, 6.45) is -0.120. The molecule has 0 saturated carbocycles. The fraction of sp³-hybridized carbons (Fsp3) is 0.500. The van der Waals surface area contributed by atoms with Gasteiger partial charge in [-0.1, -0.05) is 19.9 Å². The molecule has 0 radical (unpaired) electrons. The number of carbonyl (C=O) groups excluding carboxylic acids is 1. The molecule has 0 bridgehead atoms. The maximum absolute atomic E-state index is 12.7. The van der Waals surface area contributed by atoms with Crippen LogP contribution in [0, 0.1) is 10.1 Å². The molecule has 1 N–H and O–H groups in total. The highest BCUT2D eigenvalue weighted by Gasteiger charge is 2.30. The van der Waals surface area contributed by atoms with Gasteiger partial charge in [0.25, 0.3) is 11.6 Å². The summed E-state index contributed by atoms with van der Waals surface area (Å²) in [6, 6.07) is 4.11. The van der Waals surface area contributed by atoms with Crippen molar-refractivity contribution in [2.24, 2.45) is 0 Å². The first-order chi connectivity index (χ1) is 11.3. The lowest BCUT2D eigenvalue weighted by Crippen LogP contribution is -2.47. The first kappa shape index (κ1) is 18.3. The molecule has 1 aliphatic heterocycles. The minimum atomic E-state index is -0.957. The van der Waals surface area contributed by atoms with Gasteiger partial charge in [-0.25, -0.2) is 0 Å². The van der Waals surface area contributed by atoms with Gasteiger partial charge in [-0.05, 0) is 12.0 Å². The molecule has 1 aliphatic rings. The smallest absolute Gasteiger partial charge is 0.305 e. The Labute approximate surface area is 144 Å². The Bertz CT molecular complexity index is 662. The van der Waals surface area contributed by atoms with Gasteiger partial charge in [0.2, 0.25) is 0 Å². The number of hydrogen-bond acceptors (Lipinski definition) is 5. The molecule has 130 valence electrons. The van der Waals surface area contributed by atoms with Crippen molar-refractivity contribution < 1.29 is 19.6 Å². The topological polar surface area (TPSA) is 101 Å². The number of benzene rings is 1. The molecule has 1 amide bonds. The van der Waals surface area contributed by atoms with E-state index in [9.17, 15) is 19.7 Å². The van der Waals surface area contributed by atoms with Crippen molar-refractivity contribution >= 4 is 29.3 Å². The molecule has 1 aromatic rings. The van der Waals surface area contributed by atoms with Crippen molar-refractivity contribution in [1.82, 2.24) is 4.90 Å². The van der Waals surface area contributed by atoms with Crippen molar-refractivity contribution in [2.45, 2.75) is 32.2 Å². The van der Waals surface area contributed by atoms with Gasteiger partial charge < -0.3 is 10.0 Å². The summed E-state index contributed by atoms with van der Waals surface area (Å²) in [7, 11) is 0. The molecule has 1 heterocycles. The average molecular weight is 352 g/mol. The number of amides is 1. The summed E-state index contributed by atoms with van der Waals surface area (Å²) in [5, 5.41) is 20.3. The first-order valence-corrected chi connectivity index (χ1v) is 8.85. The molecule has 1 saturated heterocycles. The van der Waals surface area contributed by atoms with Gasteiger partial charge in [-0.2, -0.15) is 11.8 Å². The highest BCUT2D eigenvalue weighted by Crippen LogP contribution is 2.29. The predicted molar refractivity (Wildman–Crippen MR) is 91.6 cm³/mol. The van der Waals surface area contributed by atoms with Gasteiger partial charge in [0.1, 0.15) is 0 Å². The van der Waals surface area contributed by atoms with Crippen molar-refractivity contribution in [3.8, 4) is 0 Å². The maximum Gasteiger partial charge on any atom is 0.305 e. The van der Waals surface area contributed by atoms with Crippen molar-refractivity contribution in [2.75, 3.05) is 18.1 Å². The standard InChI is InChI=1S/C16H20N2O5S/c1-10(2)13-4-3-11(7-14(13)18(22)23)16(21)17-5-6-24-9-12(17)8-15(19)20/h3-4,7,10,12H,5-6,8-9H2,1-2H3,(H,19,20). The molecule has 24 heavy (non-hydrogen) atoms. The van der Waals surface area contributed by atoms with Gasteiger partial charge in [0, 0.05) is 35.2 Å². The van der Waals surface area contributed by atoms with Crippen LogP contribution in [0.5, 0.6) is 0 Å². The SMILES string of the molecule is CC(C)c1ccc(C(=O)N2CCSCC2CC(=O)O)cc1[N+](=O)[O-]. The molecule has 1 unspecified atom stereocenters. The summed E-state index contributed by atoms with van der Waals surface area (Å²) in [6.45, 7) is 4.16.